The minimum Gasteiger partial charge on any atom is -0.215 e. The van der Waals surface area contributed by atoms with Crippen molar-refractivity contribution in [1.29, 1.82) is 0 Å². The first kappa shape index (κ1) is 13.1. The van der Waals surface area contributed by atoms with E-state index in [0.717, 1.165) is 31.2 Å². The molecular weight excluding hydrogens is 246 g/mol. The van der Waals surface area contributed by atoms with E-state index in [9.17, 15) is 8.42 Å². The van der Waals surface area contributed by atoms with Crippen molar-refractivity contribution in [3.63, 3.8) is 0 Å². The summed E-state index contributed by atoms with van der Waals surface area (Å²) in [5.41, 5.74) is 1.04. The molecule has 0 radical (unpaired) electrons. The van der Waals surface area contributed by atoms with Crippen LogP contribution in [0, 0.1) is 19.4 Å². The Balaban J connectivity index is 2.34. The molecule has 0 aromatic heterocycles. The number of rotatable bonds is 3. The molecule has 96 valence electrons. The molecule has 1 aromatic rings. The van der Waals surface area contributed by atoms with Gasteiger partial charge in [-0.2, -0.15) is 0 Å². The van der Waals surface area contributed by atoms with Gasteiger partial charge in [-0.05, 0) is 31.9 Å². The first-order chi connectivity index (χ1) is 8.55. The SMILES string of the molecule is C#[N+]C(C1CCCC1)S(=O)(=O)c1ccc(C)cc1. The van der Waals surface area contributed by atoms with Crippen molar-refractivity contribution in [3.8, 4) is 6.57 Å². The molecule has 1 fully saturated rings. The first-order valence-corrected chi connectivity index (χ1v) is 7.81. The maximum Gasteiger partial charge on any atom is 0.375 e. The zero-order chi connectivity index (χ0) is 13.2. The standard InChI is InChI=1S/C14H18NO2S/c1-11-7-9-13(10-8-11)18(16,17)14(15-2)12-5-3-4-6-12/h2,7-10,12,14H,3-6H2,1H3/q+1. The van der Waals surface area contributed by atoms with Crippen LogP contribution in [-0.4, -0.2) is 13.8 Å². The predicted octanol–water partition coefficient (Wildman–Crippen LogP) is 3.25. The normalized spacial score (nSPS) is 18.4. The van der Waals surface area contributed by atoms with Crippen molar-refractivity contribution < 1.29 is 8.42 Å². The third kappa shape index (κ3) is 2.41. The van der Waals surface area contributed by atoms with E-state index in [2.05, 4.69) is 4.85 Å². The lowest BCUT2D eigenvalue weighted by Gasteiger charge is -2.10. The Kier molecular flexibility index (Phi) is 3.72. The lowest BCUT2D eigenvalue weighted by molar-refractivity contribution is 0.520. The van der Waals surface area contributed by atoms with Crippen LogP contribution in [0.15, 0.2) is 29.2 Å². The highest BCUT2D eigenvalue weighted by molar-refractivity contribution is 7.92. The molecule has 4 heteroatoms. The Bertz CT molecular complexity index is 548. The van der Waals surface area contributed by atoms with E-state index >= 15 is 0 Å². The fraction of sp³-hybridized carbons (Fsp3) is 0.500. The second-order valence-corrected chi connectivity index (χ2v) is 6.99. The summed E-state index contributed by atoms with van der Waals surface area (Å²) >= 11 is 0. The van der Waals surface area contributed by atoms with Crippen molar-refractivity contribution in [2.75, 3.05) is 0 Å². The molecule has 1 unspecified atom stereocenters. The van der Waals surface area contributed by atoms with Crippen LogP contribution < -0.4 is 0 Å². The van der Waals surface area contributed by atoms with Crippen molar-refractivity contribution in [1.82, 2.24) is 0 Å². The van der Waals surface area contributed by atoms with Gasteiger partial charge in [0.05, 0.1) is 10.8 Å². The monoisotopic (exact) mass is 264 g/mol. The highest BCUT2D eigenvalue weighted by atomic mass is 32.2. The van der Waals surface area contributed by atoms with Gasteiger partial charge in [0.2, 0.25) is 0 Å². The number of sulfone groups is 1. The van der Waals surface area contributed by atoms with E-state index in [-0.39, 0.29) is 5.92 Å². The zero-order valence-corrected chi connectivity index (χ0v) is 11.4. The van der Waals surface area contributed by atoms with Crippen molar-refractivity contribution in [3.05, 3.63) is 34.7 Å². The second kappa shape index (κ2) is 5.11. The van der Waals surface area contributed by atoms with Crippen LogP contribution in [0.5, 0.6) is 0 Å². The molecular formula is C14H18NO2S+. The smallest absolute Gasteiger partial charge is 0.215 e. The fourth-order valence-electron chi connectivity index (χ4n) is 2.57. The van der Waals surface area contributed by atoms with Gasteiger partial charge in [0.15, 0.2) is 0 Å². The molecule has 1 aliphatic carbocycles. The quantitative estimate of drug-likeness (QED) is 0.840. The van der Waals surface area contributed by atoms with E-state index in [1.807, 2.05) is 6.92 Å². The third-order valence-electron chi connectivity index (χ3n) is 3.62. The summed E-state index contributed by atoms with van der Waals surface area (Å²) in [4.78, 5) is 3.97. The number of nitrogens with zero attached hydrogens (tertiary/aromatic N) is 1. The number of hydrogen-bond acceptors (Lipinski definition) is 2. The lowest BCUT2D eigenvalue weighted by atomic mass is 10.1. The predicted molar refractivity (Wildman–Crippen MR) is 72.4 cm³/mol. The zero-order valence-electron chi connectivity index (χ0n) is 10.5. The molecule has 0 heterocycles. The topological polar surface area (TPSA) is 38.5 Å². The van der Waals surface area contributed by atoms with Gasteiger partial charge in [-0.25, -0.2) is 8.42 Å². The van der Waals surface area contributed by atoms with E-state index in [1.165, 1.54) is 0 Å². The Labute approximate surface area is 109 Å². The van der Waals surface area contributed by atoms with Gasteiger partial charge in [0.25, 0.3) is 16.4 Å². The van der Waals surface area contributed by atoms with Crippen LogP contribution in [0.2, 0.25) is 0 Å². The van der Waals surface area contributed by atoms with Gasteiger partial charge >= 0.3 is 5.37 Å². The first-order valence-electron chi connectivity index (χ1n) is 6.26. The molecule has 0 amide bonds. The van der Waals surface area contributed by atoms with Crippen LogP contribution in [0.3, 0.4) is 0 Å². The molecule has 1 atom stereocenters. The van der Waals surface area contributed by atoms with Crippen molar-refractivity contribution in [2.24, 2.45) is 5.92 Å². The van der Waals surface area contributed by atoms with Crippen LogP contribution in [0.4, 0.5) is 0 Å². The maximum atomic E-state index is 12.5. The van der Waals surface area contributed by atoms with Crippen molar-refractivity contribution >= 4 is 9.84 Å². The molecule has 0 saturated heterocycles. The number of hydrogen-bond donors (Lipinski definition) is 0. The van der Waals surface area contributed by atoms with Crippen LogP contribution in [-0.2, 0) is 9.84 Å². The summed E-state index contributed by atoms with van der Waals surface area (Å²) in [6.45, 7) is 7.28. The number of aryl methyl sites for hydroxylation is 1. The third-order valence-corrected chi connectivity index (χ3v) is 5.69. The van der Waals surface area contributed by atoms with E-state index in [4.69, 9.17) is 6.57 Å². The Morgan fingerprint density at radius 1 is 1.22 bits per heavy atom. The minimum absolute atomic E-state index is 0.0707. The summed E-state index contributed by atoms with van der Waals surface area (Å²) < 4.78 is 25.0. The van der Waals surface area contributed by atoms with Gasteiger partial charge in [-0.3, -0.25) is 0 Å². The summed E-state index contributed by atoms with van der Waals surface area (Å²) in [7, 11) is -3.44. The molecule has 18 heavy (non-hydrogen) atoms. The van der Waals surface area contributed by atoms with Gasteiger partial charge in [0, 0.05) is 0 Å². The average molecular weight is 264 g/mol. The van der Waals surface area contributed by atoms with Crippen LogP contribution >= 0.6 is 0 Å². The largest absolute Gasteiger partial charge is 0.375 e. The van der Waals surface area contributed by atoms with Gasteiger partial charge in [0.1, 0.15) is 0 Å². The lowest BCUT2D eigenvalue weighted by Crippen LogP contribution is -2.25. The van der Waals surface area contributed by atoms with Crippen molar-refractivity contribution in [2.45, 2.75) is 42.9 Å². The Morgan fingerprint density at radius 2 is 1.78 bits per heavy atom. The summed E-state index contributed by atoms with van der Waals surface area (Å²) in [5.74, 6) is 0.0707. The van der Waals surface area contributed by atoms with Gasteiger partial charge in [-0.1, -0.05) is 35.4 Å². The van der Waals surface area contributed by atoms with Gasteiger partial charge < -0.3 is 0 Å². The summed E-state index contributed by atoms with van der Waals surface area (Å²) in [6, 6.07) is 6.87. The highest BCUT2D eigenvalue weighted by Crippen LogP contribution is 2.34. The molecule has 0 N–H and O–H groups in total. The van der Waals surface area contributed by atoms with Crippen LogP contribution in [0.1, 0.15) is 31.2 Å². The molecule has 1 aromatic carbocycles. The highest BCUT2D eigenvalue weighted by Gasteiger charge is 2.43. The molecule has 0 spiro atoms. The molecule has 1 aliphatic rings. The molecule has 2 rings (SSSR count). The van der Waals surface area contributed by atoms with Crippen LogP contribution in [0.25, 0.3) is 4.85 Å². The molecule has 0 aliphatic heterocycles. The summed E-state index contributed by atoms with van der Waals surface area (Å²) in [5, 5.41) is -0.789. The van der Waals surface area contributed by atoms with Gasteiger partial charge in [-0.15, -0.1) is 0 Å². The average Bonchev–Trinajstić information content (AvgIpc) is 2.84. The summed E-state index contributed by atoms with van der Waals surface area (Å²) in [6.07, 6.45) is 3.94. The second-order valence-electron chi connectivity index (χ2n) is 4.94. The molecule has 0 bridgehead atoms. The minimum atomic E-state index is -3.44. The Hall–Kier alpha value is -1.34. The molecule has 1 saturated carbocycles. The van der Waals surface area contributed by atoms with E-state index < -0.39 is 15.2 Å². The fourth-order valence-corrected chi connectivity index (χ4v) is 4.30. The maximum absolute atomic E-state index is 12.5. The Morgan fingerprint density at radius 3 is 2.28 bits per heavy atom. The molecule has 3 nitrogen and oxygen atoms in total. The van der Waals surface area contributed by atoms with E-state index in [1.54, 1.807) is 24.3 Å². The number of benzene rings is 1. The van der Waals surface area contributed by atoms with E-state index in [0.29, 0.717) is 4.90 Å².